The Morgan fingerprint density at radius 1 is 1.07 bits per heavy atom. The molecule has 8 heteroatoms. The number of nitrogens with zero attached hydrogens (tertiary/aromatic N) is 2. The molecule has 6 nitrogen and oxygen atoms in total. The van der Waals surface area contributed by atoms with Crippen LogP contribution in [0.2, 0.25) is 0 Å². The molecule has 3 rings (SSSR count). The van der Waals surface area contributed by atoms with Gasteiger partial charge in [0.05, 0.1) is 21.2 Å². The molecule has 0 aliphatic carbocycles. The topological polar surface area (TPSA) is 79.4 Å². The van der Waals surface area contributed by atoms with Gasteiger partial charge in [-0.15, -0.1) is 0 Å². The molecule has 29 heavy (non-hydrogen) atoms. The molecule has 0 aliphatic heterocycles. The van der Waals surface area contributed by atoms with Crippen molar-refractivity contribution in [2.75, 3.05) is 25.2 Å². The Morgan fingerprint density at radius 3 is 2.52 bits per heavy atom. The van der Waals surface area contributed by atoms with E-state index in [4.69, 9.17) is 0 Å². The molecule has 1 N–H and O–H groups in total. The van der Waals surface area contributed by atoms with Gasteiger partial charge in [0.25, 0.3) is 0 Å². The quantitative estimate of drug-likeness (QED) is 0.603. The first-order chi connectivity index (χ1) is 13.7. The summed E-state index contributed by atoms with van der Waals surface area (Å²) in [5, 5.41) is 4.64. The summed E-state index contributed by atoms with van der Waals surface area (Å²) in [5.41, 5.74) is 3.08. The highest BCUT2D eigenvalue weighted by Gasteiger charge is 2.20. The molecule has 0 spiro atoms. The van der Waals surface area contributed by atoms with Gasteiger partial charge in [-0.3, -0.25) is 4.79 Å². The maximum Gasteiger partial charge on any atom is 0.242 e. The molecular formula is C21H23N3O3S2. The number of aromatic nitrogens is 1. The van der Waals surface area contributed by atoms with Gasteiger partial charge >= 0.3 is 0 Å². The molecule has 0 saturated heterocycles. The number of carbonyl (C=O) groups is 1. The molecule has 0 saturated carbocycles. The third-order valence-corrected chi connectivity index (χ3v) is 7.35. The van der Waals surface area contributed by atoms with Gasteiger partial charge in [0, 0.05) is 25.2 Å². The van der Waals surface area contributed by atoms with Crippen LogP contribution in [0.25, 0.3) is 10.9 Å². The van der Waals surface area contributed by atoms with Crippen molar-refractivity contribution in [3.8, 4) is 0 Å². The van der Waals surface area contributed by atoms with Gasteiger partial charge in [-0.2, -0.15) is 0 Å². The molecule has 1 heterocycles. The molecule has 0 aliphatic rings. The van der Waals surface area contributed by atoms with Gasteiger partial charge < -0.3 is 5.32 Å². The van der Waals surface area contributed by atoms with Crippen LogP contribution in [0.5, 0.6) is 0 Å². The lowest BCUT2D eigenvalue weighted by molar-refractivity contribution is -0.113. The van der Waals surface area contributed by atoms with Crippen LogP contribution >= 0.6 is 11.8 Å². The van der Waals surface area contributed by atoms with Crippen molar-refractivity contribution in [2.45, 2.75) is 23.8 Å². The first-order valence-corrected chi connectivity index (χ1v) is 11.4. The average Bonchev–Trinajstić information content (AvgIpc) is 2.67. The summed E-state index contributed by atoms with van der Waals surface area (Å²) in [7, 11) is -0.617. The number of pyridine rings is 1. The predicted octanol–water partition coefficient (Wildman–Crippen LogP) is 3.83. The number of para-hydroxylation sites is 1. The van der Waals surface area contributed by atoms with Crippen molar-refractivity contribution in [3.05, 3.63) is 59.7 Å². The number of hydrogen-bond donors (Lipinski definition) is 1. The van der Waals surface area contributed by atoms with Crippen LogP contribution in [-0.4, -0.2) is 43.5 Å². The fraction of sp³-hybridized carbons (Fsp3) is 0.238. The molecule has 2 aromatic carbocycles. The summed E-state index contributed by atoms with van der Waals surface area (Å²) < 4.78 is 26.0. The van der Waals surface area contributed by atoms with E-state index in [1.54, 1.807) is 19.1 Å². The van der Waals surface area contributed by atoms with E-state index in [1.807, 2.05) is 37.3 Å². The Balaban J connectivity index is 1.72. The third-order valence-electron chi connectivity index (χ3n) is 4.48. The molecule has 1 amide bonds. The van der Waals surface area contributed by atoms with Crippen LogP contribution in [0.15, 0.2) is 58.5 Å². The zero-order chi connectivity index (χ0) is 21.2. The van der Waals surface area contributed by atoms with E-state index in [0.717, 1.165) is 25.8 Å². The lowest BCUT2D eigenvalue weighted by Gasteiger charge is -2.15. The van der Waals surface area contributed by atoms with Crippen molar-refractivity contribution in [3.63, 3.8) is 0 Å². The maximum atomic E-state index is 12.4. The lowest BCUT2D eigenvalue weighted by atomic mass is 10.1. The van der Waals surface area contributed by atoms with Crippen LogP contribution in [0, 0.1) is 13.8 Å². The van der Waals surface area contributed by atoms with Crippen LogP contribution in [-0.2, 0) is 14.8 Å². The molecule has 1 aromatic heterocycles. The van der Waals surface area contributed by atoms with Crippen LogP contribution in [0.4, 0.5) is 5.69 Å². The molecule has 152 valence electrons. The number of nitrogens with one attached hydrogen (secondary N) is 1. The zero-order valence-electron chi connectivity index (χ0n) is 16.8. The number of hydrogen-bond acceptors (Lipinski definition) is 5. The first-order valence-electron chi connectivity index (χ1n) is 9.00. The SMILES string of the molecule is Cc1ccc(NC(=O)CSc2cc(C)c3ccccc3n2)cc1S(=O)(=O)N(C)C. The fourth-order valence-electron chi connectivity index (χ4n) is 2.88. The van der Waals surface area contributed by atoms with Crippen molar-refractivity contribution >= 4 is 44.3 Å². The summed E-state index contributed by atoms with van der Waals surface area (Å²) in [6.07, 6.45) is 0. The number of rotatable bonds is 6. The monoisotopic (exact) mass is 429 g/mol. The van der Waals surface area contributed by atoms with E-state index in [1.165, 1.54) is 31.9 Å². The lowest BCUT2D eigenvalue weighted by Crippen LogP contribution is -2.23. The second kappa shape index (κ2) is 8.52. The Hall–Kier alpha value is -2.42. The number of anilines is 1. The number of aryl methyl sites for hydroxylation is 2. The second-order valence-electron chi connectivity index (χ2n) is 6.90. The number of sulfonamides is 1. The van der Waals surface area contributed by atoms with E-state index in [-0.39, 0.29) is 16.6 Å². The van der Waals surface area contributed by atoms with Gasteiger partial charge in [-0.1, -0.05) is 36.0 Å². The standard InChI is InChI=1S/C21H23N3O3S2/c1-14-9-10-16(12-19(14)29(26,27)24(3)4)22-20(25)13-28-21-11-15(2)17-7-5-6-8-18(17)23-21/h5-12H,13H2,1-4H3,(H,22,25). The van der Waals surface area contributed by atoms with E-state index in [2.05, 4.69) is 10.3 Å². The molecule has 0 radical (unpaired) electrons. The summed E-state index contributed by atoms with van der Waals surface area (Å²) in [5.74, 6) is -0.0475. The van der Waals surface area contributed by atoms with Crippen molar-refractivity contribution in [1.29, 1.82) is 0 Å². The average molecular weight is 430 g/mol. The van der Waals surface area contributed by atoms with Gasteiger partial charge in [-0.25, -0.2) is 17.7 Å². The predicted molar refractivity (Wildman–Crippen MR) is 118 cm³/mol. The summed E-state index contributed by atoms with van der Waals surface area (Å²) in [6.45, 7) is 3.75. The molecule has 3 aromatic rings. The molecule has 0 fully saturated rings. The summed E-state index contributed by atoms with van der Waals surface area (Å²) in [4.78, 5) is 17.2. The second-order valence-corrected chi connectivity index (χ2v) is 10.0. The summed E-state index contributed by atoms with van der Waals surface area (Å²) in [6, 6.07) is 14.7. The van der Waals surface area contributed by atoms with Gasteiger partial charge in [-0.05, 0) is 49.2 Å². The van der Waals surface area contributed by atoms with E-state index in [0.29, 0.717) is 11.3 Å². The normalized spacial score (nSPS) is 11.8. The molecular weight excluding hydrogens is 406 g/mol. The maximum absolute atomic E-state index is 12.4. The van der Waals surface area contributed by atoms with E-state index < -0.39 is 10.0 Å². The summed E-state index contributed by atoms with van der Waals surface area (Å²) >= 11 is 1.34. The van der Waals surface area contributed by atoms with Crippen molar-refractivity contribution < 1.29 is 13.2 Å². The number of benzene rings is 2. The minimum atomic E-state index is -3.58. The third kappa shape index (κ3) is 4.77. The van der Waals surface area contributed by atoms with Crippen LogP contribution < -0.4 is 5.32 Å². The number of thioether (sulfide) groups is 1. The van der Waals surface area contributed by atoms with Crippen LogP contribution in [0.3, 0.4) is 0 Å². The highest BCUT2D eigenvalue weighted by molar-refractivity contribution is 7.99. The Labute approximate surface area is 175 Å². The number of amides is 1. The smallest absolute Gasteiger partial charge is 0.242 e. The highest BCUT2D eigenvalue weighted by atomic mass is 32.2. The Morgan fingerprint density at radius 2 is 1.79 bits per heavy atom. The zero-order valence-corrected chi connectivity index (χ0v) is 18.4. The first kappa shape index (κ1) is 21.3. The van der Waals surface area contributed by atoms with E-state index in [9.17, 15) is 13.2 Å². The minimum absolute atomic E-state index is 0.175. The van der Waals surface area contributed by atoms with Gasteiger partial charge in [0.1, 0.15) is 0 Å². The molecule has 0 atom stereocenters. The van der Waals surface area contributed by atoms with Crippen LogP contribution in [0.1, 0.15) is 11.1 Å². The van der Waals surface area contributed by atoms with Gasteiger partial charge in [0.2, 0.25) is 15.9 Å². The minimum Gasteiger partial charge on any atom is -0.325 e. The highest BCUT2D eigenvalue weighted by Crippen LogP contribution is 2.25. The fourth-order valence-corrected chi connectivity index (χ4v) is 4.80. The van der Waals surface area contributed by atoms with Crippen molar-refractivity contribution in [2.24, 2.45) is 0 Å². The van der Waals surface area contributed by atoms with Gasteiger partial charge in [0.15, 0.2) is 0 Å². The Kier molecular flexibility index (Phi) is 6.26. The molecule has 0 unspecified atom stereocenters. The molecule has 0 bridgehead atoms. The number of fused-ring (bicyclic) bond motifs is 1. The number of carbonyl (C=O) groups excluding carboxylic acids is 1. The largest absolute Gasteiger partial charge is 0.325 e. The Bertz CT molecular complexity index is 1180. The van der Waals surface area contributed by atoms with E-state index >= 15 is 0 Å². The van der Waals surface area contributed by atoms with Crippen molar-refractivity contribution in [1.82, 2.24) is 9.29 Å².